The monoisotopic (exact) mass is 432 g/mol. The molecule has 9 heteroatoms. The Morgan fingerprint density at radius 3 is 2.43 bits per heavy atom. The number of piperidine rings is 1. The third-order valence-corrected chi connectivity index (χ3v) is 8.82. The Balaban J connectivity index is 1.36. The molecular weight excluding hydrogens is 396 g/mol. The van der Waals surface area contributed by atoms with Crippen molar-refractivity contribution in [2.24, 2.45) is 10.9 Å². The van der Waals surface area contributed by atoms with E-state index in [2.05, 4.69) is 15.2 Å². The Hall–Kier alpha value is -0.510. The molecule has 0 atom stereocenters. The molecule has 1 N–H and O–H groups in total. The summed E-state index contributed by atoms with van der Waals surface area (Å²) in [6.07, 6.45) is 7.76. The fourth-order valence-corrected chi connectivity index (χ4v) is 6.75. The molecule has 0 aromatic heterocycles. The zero-order valence-electron chi connectivity index (χ0n) is 17.1. The Labute approximate surface area is 174 Å². The third kappa shape index (κ3) is 6.50. The first-order valence-corrected chi connectivity index (χ1v) is 13.5. The van der Waals surface area contributed by atoms with Crippen LogP contribution in [0.25, 0.3) is 0 Å². The van der Waals surface area contributed by atoms with Crippen LogP contribution in [0.2, 0.25) is 0 Å². The van der Waals surface area contributed by atoms with E-state index in [1.807, 2.05) is 11.8 Å². The van der Waals surface area contributed by atoms with Gasteiger partial charge in [0.25, 0.3) is 0 Å². The highest BCUT2D eigenvalue weighted by Gasteiger charge is 2.26. The van der Waals surface area contributed by atoms with Crippen LogP contribution in [0.5, 0.6) is 0 Å². The lowest BCUT2D eigenvalue weighted by Crippen LogP contribution is -2.49. The van der Waals surface area contributed by atoms with Gasteiger partial charge in [-0.15, -0.1) is 0 Å². The molecule has 0 aromatic carbocycles. The molecule has 2 aliphatic heterocycles. The molecule has 3 aliphatic rings. The van der Waals surface area contributed by atoms with Crippen LogP contribution < -0.4 is 5.32 Å². The number of aliphatic imine (C=N–C) groups is 1. The van der Waals surface area contributed by atoms with E-state index in [0.29, 0.717) is 25.7 Å². The Morgan fingerprint density at radius 2 is 1.79 bits per heavy atom. The predicted octanol–water partition coefficient (Wildman–Crippen LogP) is 1.61. The summed E-state index contributed by atoms with van der Waals surface area (Å²) in [6, 6.07) is 0. The molecule has 0 aromatic rings. The van der Waals surface area contributed by atoms with E-state index in [1.165, 1.54) is 25.7 Å². The standard InChI is InChI=1S/C19H36N4O3S2/c1-20-19(21-8-15-28(24,25)23-11-13-27-14-12-23)22-9-6-18(7-10-22)26-16-17-4-2-3-5-17/h17-18H,2-16H2,1H3,(H,20,21). The number of likely N-dealkylation sites (tertiary alicyclic amines) is 1. The Bertz CT molecular complexity index is 594. The van der Waals surface area contributed by atoms with Crippen LogP contribution >= 0.6 is 11.8 Å². The van der Waals surface area contributed by atoms with Gasteiger partial charge in [-0.05, 0) is 31.6 Å². The molecule has 0 spiro atoms. The van der Waals surface area contributed by atoms with E-state index in [9.17, 15) is 8.42 Å². The molecule has 162 valence electrons. The number of sulfonamides is 1. The van der Waals surface area contributed by atoms with Crippen LogP contribution in [-0.4, -0.2) is 93.3 Å². The number of hydrogen-bond donors (Lipinski definition) is 1. The second-order valence-corrected chi connectivity index (χ2v) is 11.3. The fraction of sp³-hybridized carbons (Fsp3) is 0.947. The SMILES string of the molecule is CN=C(NCCS(=O)(=O)N1CCSCC1)N1CCC(OCC2CCCC2)CC1. The number of thioether (sulfide) groups is 1. The summed E-state index contributed by atoms with van der Waals surface area (Å²) in [7, 11) is -1.41. The number of rotatable bonds is 7. The van der Waals surface area contributed by atoms with Gasteiger partial charge in [0.05, 0.1) is 11.9 Å². The van der Waals surface area contributed by atoms with Gasteiger partial charge in [0.1, 0.15) is 0 Å². The van der Waals surface area contributed by atoms with Crippen molar-refractivity contribution in [3.05, 3.63) is 0 Å². The Morgan fingerprint density at radius 1 is 1.11 bits per heavy atom. The van der Waals surface area contributed by atoms with Crippen LogP contribution in [-0.2, 0) is 14.8 Å². The van der Waals surface area contributed by atoms with Crippen LogP contribution in [0.4, 0.5) is 0 Å². The highest BCUT2D eigenvalue weighted by atomic mass is 32.2. The maximum absolute atomic E-state index is 12.5. The first-order valence-electron chi connectivity index (χ1n) is 10.7. The van der Waals surface area contributed by atoms with E-state index in [1.54, 1.807) is 11.4 Å². The molecule has 1 aliphatic carbocycles. The average molecular weight is 433 g/mol. The quantitative estimate of drug-likeness (QED) is 0.487. The van der Waals surface area contributed by atoms with Crippen LogP contribution in [0.3, 0.4) is 0 Å². The summed E-state index contributed by atoms with van der Waals surface area (Å²) in [5, 5.41) is 3.25. The lowest BCUT2D eigenvalue weighted by atomic mass is 10.1. The summed E-state index contributed by atoms with van der Waals surface area (Å²) in [5.74, 6) is 3.49. The highest BCUT2D eigenvalue weighted by Crippen LogP contribution is 2.26. The maximum Gasteiger partial charge on any atom is 0.215 e. The molecule has 1 saturated carbocycles. The zero-order valence-corrected chi connectivity index (χ0v) is 18.8. The summed E-state index contributed by atoms with van der Waals surface area (Å²) < 4.78 is 32.7. The van der Waals surface area contributed by atoms with Crippen molar-refractivity contribution >= 4 is 27.7 Å². The molecule has 3 rings (SSSR count). The smallest absolute Gasteiger partial charge is 0.215 e. The molecule has 0 amide bonds. The van der Waals surface area contributed by atoms with Crippen LogP contribution in [0, 0.1) is 5.92 Å². The second-order valence-electron chi connectivity index (χ2n) is 7.97. The minimum atomic E-state index is -3.18. The van der Waals surface area contributed by atoms with Crippen molar-refractivity contribution in [2.45, 2.75) is 44.6 Å². The third-order valence-electron chi connectivity index (χ3n) is 6.00. The summed E-state index contributed by atoms with van der Waals surface area (Å²) in [6.45, 7) is 4.41. The maximum atomic E-state index is 12.5. The average Bonchev–Trinajstić information content (AvgIpc) is 3.25. The molecule has 0 radical (unpaired) electrons. The van der Waals surface area contributed by atoms with E-state index in [0.717, 1.165) is 55.9 Å². The van der Waals surface area contributed by atoms with Gasteiger partial charge in [-0.25, -0.2) is 12.7 Å². The molecular formula is C19H36N4O3S2. The topological polar surface area (TPSA) is 74.2 Å². The van der Waals surface area contributed by atoms with Gasteiger partial charge in [0, 0.05) is 57.9 Å². The van der Waals surface area contributed by atoms with Gasteiger partial charge < -0.3 is 15.0 Å². The van der Waals surface area contributed by atoms with Crippen molar-refractivity contribution in [3.63, 3.8) is 0 Å². The van der Waals surface area contributed by atoms with Crippen LogP contribution in [0.1, 0.15) is 38.5 Å². The fourth-order valence-electron chi connectivity index (χ4n) is 4.26. The summed E-state index contributed by atoms with van der Waals surface area (Å²) in [5.41, 5.74) is 0. The minimum Gasteiger partial charge on any atom is -0.378 e. The summed E-state index contributed by atoms with van der Waals surface area (Å²) >= 11 is 1.82. The molecule has 0 unspecified atom stereocenters. The summed E-state index contributed by atoms with van der Waals surface area (Å²) in [4.78, 5) is 6.58. The lowest BCUT2D eigenvalue weighted by molar-refractivity contribution is 0.00104. The van der Waals surface area contributed by atoms with Crippen molar-refractivity contribution < 1.29 is 13.2 Å². The Kier molecular flexibility index (Phi) is 8.74. The molecule has 2 heterocycles. The van der Waals surface area contributed by atoms with E-state index in [4.69, 9.17) is 4.74 Å². The lowest BCUT2D eigenvalue weighted by Gasteiger charge is -2.34. The largest absolute Gasteiger partial charge is 0.378 e. The van der Waals surface area contributed by atoms with E-state index >= 15 is 0 Å². The molecule has 3 fully saturated rings. The number of nitrogens with one attached hydrogen (secondary N) is 1. The normalized spacial score (nSPS) is 24.0. The van der Waals surface area contributed by atoms with Crippen LogP contribution in [0.15, 0.2) is 4.99 Å². The van der Waals surface area contributed by atoms with Gasteiger partial charge in [0.15, 0.2) is 5.96 Å². The number of nitrogens with zero attached hydrogens (tertiary/aromatic N) is 3. The minimum absolute atomic E-state index is 0.123. The van der Waals surface area contributed by atoms with Gasteiger partial charge in [-0.1, -0.05) is 12.8 Å². The first-order chi connectivity index (χ1) is 13.6. The van der Waals surface area contributed by atoms with Gasteiger partial charge >= 0.3 is 0 Å². The van der Waals surface area contributed by atoms with E-state index in [-0.39, 0.29) is 5.75 Å². The number of guanidine groups is 1. The second kappa shape index (κ2) is 11.0. The zero-order chi connectivity index (χ0) is 19.8. The molecule has 7 nitrogen and oxygen atoms in total. The number of ether oxygens (including phenoxy) is 1. The first kappa shape index (κ1) is 22.2. The van der Waals surface area contributed by atoms with Gasteiger partial charge in [-0.3, -0.25) is 4.99 Å². The number of hydrogen-bond acceptors (Lipinski definition) is 5. The van der Waals surface area contributed by atoms with Gasteiger partial charge in [-0.2, -0.15) is 11.8 Å². The van der Waals surface area contributed by atoms with Crippen molar-refractivity contribution in [1.82, 2.24) is 14.5 Å². The molecule has 2 saturated heterocycles. The van der Waals surface area contributed by atoms with Crippen molar-refractivity contribution in [2.75, 3.05) is 63.6 Å². The van der Waals surface area contributed by atoms with Crippen molar-refractivity contribution in [1.29, 1.82) is 0 Å². The van der Waals surface area contributed by atoms with Crippen molar-refractivity contribution in [3.8, 4) is 0 Å². The molecule has 0 bridgehead atoms. The highest BCUT2D eigenvalue weighted by molar-refractivity contribution is 7.99. The van der Waals surface area contributed by atoms with Gasteiger partial charge in [0.2, 0.25) is 10.0 Å². The van der Waals surface area contributed by atoms with E-state index < -0.39 is 10.0 Å². The predicted molar refractivity (Wildman–Crippen MR) is 117 cm³/mol. The molecule has 28 heavy (non-hydrogen) atoms.